The van der Waals surface area contributed by atoms with Crippen LogP contribution in [0.1, 0.15) is 18.2 Å². The van der Waals surface area contributed by atoms with Crippen LogP contribution >= 0.6 is 0 Å². The van der Waals surface area contributed by atoms with Crippen LogP contribution in [-0.2, 0) is 15.0 Å². The molecule has 2 aliphatic heterocycles. The summed E-state index contributed by atoms with van der Waals surface area (Å²) in [6.45, 7) is -0.0496. The Labute approximate surface area is 197 Å². The van der Waals surface area contributed by atoms with Crippen molar-refractivity contribution in [3.05, 3.63) is 53.4 Å². The summed E-state index contributed by atoms with van der Waals surface area (Å²) >= 11 is 0. The van der Waals surface area contributed by atoms with E-state index < -0.39 is 57.2 Å². The van der Waals surface area contributed by atoms with Gasteiger partial charge in [0.05, 0.1) is 30.4 Å². The Kier molecular flexibility index (Phi) is 6.77. The van der Waals surface area contributed by atoms with Crippen LogP contribution in [0.15, 0.2) is 33.9 Å². The topological polar surface area (TPSA) is 87.5 Å². The monoisotopic (exact) mass is 517 g/mol. The quantitative estimate of drug-likeness (QED) is 0.449. The van der Waals surface area contributed by atoms with E-state index in [0.29, 0.717) is 18.0 Å². The van der Waals surface area contributed by atoms with E-state index in [2.05, 4.69) is 14.5 Å². The van der Waals surface area contributed by atoms with E-state index in [0.717, 1.165) is 22.8 Å². The highest BCUT2D eigenvalue weighted by atomic mass is 32.2. The Morgan fingerprint density at radius 3 is 2.46 bits per heavy atom. The SMILES string of the molecule is CN(C)S(=O)(=O)/N=C/C1CN(C2=NOC(c3ncc(F)cc3-c3c(F)cc(F)cc3F)C2)C[C@@H]1F. The number of nitrogens with zero attached hydrogens (tertiary/aromatic N) is 5. The van der Waals surface area contributed by atoms with E-state index >= 15 is 0 Å². The van der Waals surface area contributed by atoms with Crippen LogP contribution in [0.2, 0.25) is 0 Å². The molecule has 0 bridgehead atoms. The molecular weight excluding hydrogens is 497 g/mol. The van der Waals surface area contributed by atoms with Crippen molar-refractivity contribution in [2.75, 3.05) is 27.2 Å². The summed E-state index contributed by atoms with van der Waals surface area (Å²) in [7, 11) is -1.30. The molecule has 2 aliphatic rings. The minimum Gasteiger partial charge on any atom is -0.384 e. The predicted molar refractivity (Wildman–Crippen MR) is 116 cm³/mol. The molecule has 0 N–H and O–H groups in total. The van der Waals surface area contributed by atoms with Crippen molar-refractivity contribution in [3.63, 3.8) is 0 Å². The van der Waals surface area contributed by atoms with Gasteiger partial charge in [0.1, 0.15) is 35.3 Å². The van der Waals surface area contributed by atoms with Crippen LogP contribution in [-0.4, -0.2) is 68.0 Å². The Balaban J connectivity index is 1.54. The van der Waals surface area contributed by atoms with Crippen molar-refractivity contribution >= 4 is 22.3 Å². The molecule has 2 unspecified atom stereocenters. The highest BCUT2D eigenvalue weighted by Gasteiger charge is 2.38. The van der Waals surface area contributed by atoms with E-state index in [-0.39, 0.29) is 30.8 Å². The van der Waals surface area contributed by atoms with Gasteiger partial charge in [-0.15, -0.1) is 0 Å². The average Bonchev–Trinajstić information content (AvgIpc) is 3.38. The molecule has 8 nitrogen and oxygen atoms in total. The van der Waals surface area contributed by atoms with E-state index in [4.69, 9.17) is 4.84 Å². The molecule has 1 aromatic heterocycles. The smallest absolute Gasteiger partial charge is 0.321 e. The van der Waals surface area contributed by atoms with Crippen molar-refractivity contribution in [2.45, 2.75) is 18.7 Å². The van der Waals surface area contributed by atoms with Crippen LogP contribution < -0.4 is 0 Å². The number of oxime groups is 1. The first-order valence-electron chi connectivity index (χ1n) is 10.4. The summed E-state index contributed by atoms with van der Waals surface area (Å²) in [5.74, 6) is -5.03. The third-order valence-corrected chi connectivity index (χ3v) is 6.93. The number of benzene rings is 1. The molecule has 0 amide bonds. The first kappa shape index (κ1) is 25.0. The lowest BCUT2D eigenvalue weighted by atomic mass is 9.98. The molecule has 14 heteroatoms. The fourth-order valence-corrected chi connectivity index (χ4v) is 4.29. The zero-order valence-corrected chi connectivity index (χ0v) is 19.3. The highest BCUT2D eigenvalue weighted by Crippen LogP contribution is 2.37. The van der Waals surface area contributed by atoms with Crippen LogP contribution in [0, 0.1) is 29.2 Å². The zero-order valence-electron chi connectivity index (χ0n) is 18.5. The second kappa shape index (κ2) is 9.49. The maximum atomic E-state index is 14.5. The van der Waals surface area contributed by atoms with Crippen molar-refractivity contribution in [1.29, 1.82) is 0 Å². The largest absolute Gasteiger partial charge is 0.384 e. The molecule has 35 heavy (non-hydrogen) atoms. The van der Waals surface area contributed by atoms with Crippen molar-refractivity contribution in [1.82, 2.24) is 14.2 Å². The van der Waals surface area contributed by atoms with Gasteiger partial charge in [-0.25, -0.2) is 22.0 Å². The number of rotatable bonds is 5. The second-order valence-corrected chi connectivity index (χ2v) is 10.1. The van der Waals surface area contributed by atoms with E-state index in [1.165, 1.54) is 19.0 Å². The normalized spacial score (nSPS) is 22.8. The van der Waals surface area contributed by atoms with Gasteiger partial charge in [-0.3, -0.25) is 4.98 Å². The molecule has 1 aromatic carbocycles. The Morgan fingerprint density at radius 1 is 1.11 bits per heavy atom. The molecule has 4 rings (SSSR count). The maximum absolute atomic E-state index is 14.5. The van der Waals surface area contributed by atoms with Gasteiger partial charge >= 0.3 is 10.2 Å². The Hall–Kier alpha value is -3.13. The van der Waals surface area contributed by atoms with Crippen molar-refractivity contribution < 1.29 is 35.2 Å². The van der Waals surface area contributed by atoms with E-state index in [9.17, 15) is 30.4 Å². The zero-order chi connectivity index (χ0) is 25.5. The number of hydrogen-bond donors (Lipinski definition) is 0. The van der Waals surface area contributed by atoms with Gasteiger partial charge in [0.25, 0.3) is 0 Å². The van der Waals surface area contributed by atoms with E-state index in [1.807, 2.05) is 0 Å². The third-order valence-electron chi connectivity index (χ3n) is 5.62. The third kappa shape index (κ3) is 5.12. The Morgan fingerprint density at radius 2 is 1.80 bits per heavy atom. The first-order valence-corrected chi connectivity index (χ1v) is 11.8. The molecule has 0 radical (unpaired) electrons. The van der Waals surface area contributed by atoms with Gasteiger partial charge < -0.3 is 9.74 Å². The molecule has 3 atom stereocenters. The number of aromatic nitrogens is 1. The number of hydrogen-bond acceptors (Lipinski definition) is 6. The molecule has 188 valence electrons. The maximum Gasteiger partial charge on any atom is 0.321 e. The lowest BCUT2D eigenvalue weighted by molar-refractivity contribution is 0.0827. The summed E-state index contributed by atoms with van der Waals surface area (Å²) in [5.41, 5.74) is -0.986. The summed E-state index contributed by atoms with van der Waals surface area (Å²) in [6.07, 6.45) is -0.523. The molecule has 3 heterocycles. The second-order valence-electron chi connectivity index (χ2n) is 8.24. The summed E-state index contributed by atoms with van der Waals surface area (Å²) in [4.78, 5) is 10.8. The van der Waals surface area contributed by atoms with Gasteiger partial charge in [0.2, 0.25) is 0 Å². The minimum atomic E-state index is -3.90. The lowest BCUT2D eigenvalue weighted by Crippen LogP contribution is -2.28. The van der Waals surface area contributed by atoms with Crippen molar-refractivity contribution in [3.8, 4) is 11.1 Å². The fraction of sp³-hybridized carbons (Fsp3) is 0.381. The highest BCUT2D eigenvalue weighted by molar-refractivity contribution is 7.87. The van der Waals surface area contributed by atoms with Crippen LogP contribution in [0.25, 0.3) is 11.1 Å². The number of likely N-dealkylation sites (tertiary alicyclic amines) is 1. The standard InChI is InChI=1S/C21H20F5N5O3S/c1-30(2)35(32,33)28-7-11-9-31(10-17(11)26)19-6-18(34-29-19)21-14(3-13(23)8-27-21)20-15(24)4-12(22)5-16(20)25/h3-5,7-8,11,17-18H,6,9-10H2,1-2H3/b28-7+/t11?,17-,18?/m0/s1. The molecule has 0 aliphatic carbocycles. The minimum absolute atomic E-state index is 0.0165. The molecule has 1 saturated heterocycles. The van der Waals surface area contributed by atoms with Gasteiger partial charge in [-0.1, -0.05) is 5.16 Å². The Bertz CT molecular complexity index is 1280. The van der Waals surface area contributed by atoms with Crippen LogP contribution in [0.3, 0.4) is 0 Å². The van der Waals surface area contributed by atoms with Gasteiger partial charge in [-0.2, -0.15) is 17.1 Å². The predicted octanol–water partition coefficient (Wildman–Crippen LogP) is 3.23. The molecule has 0 spiro atoms. The summed E-state index contributed by atoms with van der Waals surface area (Å²) in [5, 5.41) is 3.92. The van der Waals surface area contributed by atoms with Gasteiger partial charge in [0.15, 0.2) is 6.10 Å². The van der Waals surface area contributed by atoms with E-state index in [1.54, 1.807) is 0 Å². The average molecular weight is 517 g/mol. The number of halogens is 5. The molecule has 2 aromatic rings. The number of pyridine rings is 1. The fourth-order valence-electron chi connectivity index (χ4n) is 3.79. The molecular formula is C21H20F5N5O3S. The summed E-state index contributed by atoms with van der Waals surface area (Å²) < 4.78 is 98.6. The number of alkyl halides is 1. The molecule has 0 saturated carbocycles. The summed E-state index contributed by atoms with van der Waals surface area (Å²) in [6, 6.07) is 1.79. The molecule has 1 fully saturated rings. The van der Waals surface area contributed by atoms with Crippen LogP contribution in [0.4, 0.5) is 22.0 Å². The van der Waals surface area contributed by atoms with Gasteiger partial charge in [-0.05, 0) is 6.07 Å². The number of amidine groups is 1. The lowest BCUT2D eigenvalue weighted by Gasteiger charge is -2.17. The first-order chi connectivity index (χ1) is 16.5. The van der Waals surface area contributed by atoms with Crippen LogP contribution in [0.5, 0.6) is 0 Å². The van der Waals surface area contributed by atoms with Crippen molar-refractivity contribution in [2.24, 2.45) is 15.5 Å². The van der Waals surface area contributed by atoms with Gasteiger partial charge in [0, 0.05) is 50.5 Å².